The Morgan fingerprint density at radius 3 is 2.44 bits per heavy atom. The zero-order valence-electron chi connectivity index (χ0n) is 13.9. The van der Waals surface area contributed by atoms with Gasteiger partial charge in [-0.15, -0.1) is 0 Å². The molecule has 5 heteroatoms. The summed E-state index contributed by atoms with van der Waals surface area (Å²) in [4.78, 5) is 12.7. The molecule has 0 spiro atoms. The van der Waals surface area contributed by atoms with Crippen LogP contribution in [0.2, 0.25) is 0 Å². The number of hydrogen-bond acceptors (Lipinski definition) is 4. The number of phenolic OH excluding ortho intramolecular Hbond substituents is 1. The average molecular weight is 351 g/mol. The van der Waals surface area contributed by atoms with Crippen molar-refractivity contribution in [3.63, 3.8) is 0 Å². The van der Waals surface area contributed by atoms with Gasteiger partial charge in [0.1, 0.15) is 11.5 Å². The van der Waals surface area contributed by atoms with Crippen molar-refractivity contribution >= 4 is 17.1 Å². The molecule has 0 aliphatic carbocycles. The molecular formula is C20H17NO3S. The van der Waals surface area contributed by atoms with Crippen molar-refractivity contribution in [3.8, 4) is 17.2 Å². The Hall–Kier alpha value is -2.92. The number of aryl methyl sites for hydroxylation is 1. The molecule has 0 aliphatic heterocycles. The van der Waals surface area contributed by atoms with E-state index in [1.807, 2.05) is 31.2 Å². The van der Waals surface area contributed by atoms with E-state index in [9.17, 15) is 9.90 Å². The summed E-state index contributed by atoms with van der Waals surface area (Å²) in [6, 6.07) is 15.8. The van der Waals surface area contributed by atoms with Gasteiger partial charge in [0.25, 0.3) is 5.56 Å². The molecule has 0 aliphatic rings. The van der Waals surface area contributed by atoms with Crippen molar-refractivity contribution in [2.45, 2.75) is 6.92 Å². The van der Waals surface area contributed by atoms with Crippen molar-refractivity contribution < 1.29 is 9.84 Å². The van der Waals surface area contributed by atoms with E-state index in [-0.39, 0.29) is 11.3 Å². The van der Waals surface area contributed by atoms with Crippen LogP contribution >= 0.6 is 12.2 Å². The van der Waals surface area contributed by atoms with Crippen LogP contribution in [0.3, 0.4) is 0 Å². The van der Waals surface area contributed by atoms with Crippen LogP contribution in [0.4, 0.5) is 0 Å². The Bertz CT molecular complexity index is 991. The van der Waals surface area contributed by atoms with E-state index >= 15 is 0 Å². The Balaban J connectivity index is 2.03. The highest BCUT2D eigenvalue weighted by Crippen LogP contribution is 2.26. The molecule has 1 aromatic heterocycles. The average Bonchev–Trinajstić information content (AvgIpc) is 2.62. The third-order valence-corrected chi connectivity index (χ3v) is 4.39. The number of ether oxygens (including phenoxy) is 1. The highest BCUT2D eigenvalue weighted by molar-refractivity contribution is 7.81. The predicted molar refractivity (Wildman–Crippen MR) is 102 cm³/mol. The first-order valence-corrected chi connectivity index (χ1v) is 8.12. The number of benzene rings is 2. The van der Waals surface area contributed by atoms with Gasteiger partial charge < -0.3 is 9.84 Å². The van der Waals surface area contributed by atoms with Gasteiger partial charge in [-0.1, -0.05) is 29.9 Å². The first kappa shape index (κ1) is 16.9. The molecule has 1 heterocycles. The summed E-state index contributed by atoms with van der Waals surface area (Å²) < 4.78 is 6.63. The number of phenols is 1. The van der Waals surface area contributed by atoms with Gasteiger partial charge in [0, 0.05) is 35.1 Å². The minimum Gasteiger partial charge on any atom is -0.507 e. The lowest BCUT2D eigenvalue weighted by molar-refractivity contribution is 0.407. The standard InChI is InChI=1S/C20H17NO3S/c1-13-3-6-15(7-4-13)21-12-14(5-10-19(21)23)20(25)17-9-8-16(24-2)11-18(17)22/h3-12,22H,1-2H3. The summed E-state index contributed by atoms with van der Waals surface area (Å²) in [6.45, 7) is 1.99. The molecule has 0 bridgehead atoms. The molecule has 0 atom stereocenters. The van der Waals surface area contributed by atoms with Crippen LogP contribution in [0.15, 0.2) is 65.6 Å². The van der Waals surface area contributed by atoms with Gasteiger partial charge in [-0.2, -0.15) is 0 Å². The van der Waals surface area contributed by atoms with Gasteiger partial charge in [0.2, 0.25) is 0 Å². The molecule has 0 saturated heterocycles. The first-order valence-electron chi connectivity index (χ1n) is 7.71. The molecule has 3 rings (SSSR count). The largest absolute Gasteiger partial charge is 0.507 e. The second-order valence-corrected chi connectivity index (χ2v) is 6.08. The normalized spacial score (nSPS) is 10.5. The van der Waals surface area contributed by atoms with E-state index in [4.69, 9.17) is 17.0 Å². The van der Waals surface area contributed by atoms with E-state index in [2.05, 4.69) is 0 Å². The highest BCUT2D eigenvalue weighted by atomic mass is 32.1. The maximum absolute atomic E-state index is 12.2. The number of nitrogens with zero attached hydrogens (tertiary/aromatic N) is 1. The number of thiocarbonyl (C=S) groups is 1. The van der Waals surface area contributed by atoms with Crippen LogP contribution in [0.25, 0.3) is 5.69 Å². The molecule has 0 saturated carbocycles. The van der Waals surface area contributed by atoms with Crippen molar-refractivity contribution in [3.05, 3.63) is 87.8 Å². The molecule has 2 aromatic carbocycles. The smallest absolute Gasteiger partial charge is 0.255 e. The fourth-order valence-electron chi connectivity index (χ4n) is 2.51. The van der Waals surface area contributed by atoms with Gasteiger partial charge in [-0.25, -0.2) is 0 Å². The van der Waals surface area contributed by atoms with E-state index in [0.717, 1.165) is 11.3 Å². The molecule has 3 aromatic rings. The van der Waals surface area contributed by atoms with Gasteiger partial charge in [0.05, 0.1) is 12.0 Å². The lowest BCUT2D eigenvalue weighted by Gasteiger charge is -2.11. The van der Waals surface area contributed by atoms with Gasteiger partial charge in [0.15, 0.2) is 0 Å². The van der Waals surface area contributed by atoms with E-state index in [1.165, 1.54) is 19.2 Å². The van der Waals surface area contributed by atoms with Crippen molar-refractivity contribution in [2.75, 3.05) is 7.11 Å². The number of methoxy groups -OCH3 is 1. The zero-order valence-corrected chi connectivity index (χ0v) is 14.7. The second-order valence-electron chi connectivity index (χ2n) is 5.67. The fourth-order valence-corrected chi connectivity index (χ4v) is 2.81. The van der Waals surface area contributed by atoms with Crippen LogP contribution in [0, 0.1) is 6.92 Å². The highest BCUT2D eigenvalue weighted by Gasteiger charge is 2.12. The fraction of sp³-hybridized carbons (Fsp3) is 0.100. The molecular weight excluding hydrogens is 334 g/mol. The third-order valence-electron chi connectivity index (χ3n) is 3.93. The maximum Gasteiger partial charge on any atom is 0.255 e. The minimum atomic E-state index is -0.144. The molecule has 0 fully saturated rings. The number of aromatic hydroxyl groups is 1. The van der Waals surface area contributed by atoms with Gasteiger partial charge >= 0.3 is 0 Å². The van der Waals surface area contributed by atoms with E-state index < -0.39 is 0 Å². The number of pyridine rings is 1. The summed E-state index contributed by atoms with van der Waals surface area (Å²) in [5.41, 5.74) is 2.93. The Morgan fingerprint density at radius 1 is 1.08 bits per heavy atom. The molecule has 25 heavy (non-hydrogen) atoms. The van der Waals surface area contributed by atoms with E-state index in [0.29, 0.717) is 21.7 Å². The Morgan fingerprint density at radius 2 is 1.80 bits per heavy atom. The monoisotopic (exact) mass is 351 g/mol. The topological polar surface area (TPSA) is 51.5 Å². The van der Waals surface area contributed by atoms with Crippen molar-refractivity contribution in [1.29, 1.82) is 0 Å². The van der Waals surface area contributed by atoms with Crippen molar-refractivity contribution in [1.82, 2.24) is 4.57 Å². The molecule has 1 N–H and O–H groups in total. The van der Waals surface area contributed by atoms with E-state index in [1.54, 1.807) is 29.0 Å². The van der Waals surface area contributed by atoms with Crippen LogP contribution < -0.4 is 10.3 Å². The summed E-state index contributed by atoms with van der Waals surface area (Å²) in [6.07, 6.45) is 1.69. The van der Waals surface area contributed by atoms with Crippen LogP contribution in [-0.4, -0.2) is 21.6 Å². The maximum atomic E-state index is 12.2. The molecule has 0 unspecified atom stereocenters. The van der Waals surface area contributed by atoms with Crippen LogP contribution in [0.1, 0.15) is 16.7 Å². The summed E-state index contributed by atoms with van der Waals surface area (Å²) in [5.74, 6) is 0.589. The molecule has 0 amide bonds. The van der Waals surface area contributed by atoms with Crippen LogP contribution in [0.5, 0.6) is 11.5 Å². The second kappa shape index (κ2) is 6.91. The van der Waals surface area contributed by atoms with Gasteiger partial charge in [-0.3, -0.25) is 9.36 Å². The molecule has 0 radical (unpaired) electrons. The lowest BCUT2D eigenvalue weighted by Crippen LogP contribution is -2.18. The SMILES string of the molecule is COc1ccc(C(=S)c2ccc(=O)n(-c3ccc(C)cc3)c2)c(O)c1. The molecule has 126 valence electrons. The summed E-state index contributed by atoms with van der Waals surface area (Å²) in [5, 5.41) is 10.2. The number of aromatic nitrogens is 1. The van der Waals surface area contributed by atoms with Gasteiger partial charge in [-0.05, 0) is 37.3 Å². The Kier molecular flexibility index (Phi) is 4.67. The first-order chi connectivity index (χ1) is 12.0. The minimum absolute atomic E-state index is 0.0393. The predicted octanol–water partition coefficient (Wildman–Crippen LogP) is 3.63. The number of hydrogen-bond donors (Lipinski definition) is 1. The Labute approximate surface area is 150 Å². The van der Waals surface area contributed by atoms with Crippen LogP contribution in [-0.2, 0) is 0 Å². The zero-order chi connectivity index (χ0) is 18.0. The molecule has 4 nitrogen and oxygen atoms in total. The quantitative estimate of drug-likeness (QED) is 0.576. The van der Waals surface area contributed by atoms with Crippen molar-refractivity contribution in [2.24, 2.45) is 0 Å². The summed E-state index contributed by atoms with van der Waals surface area (Å²) in [7, 11) is 1.53. The number of rotatable bonds is 4. The lowest BCUT2D eigenvalue weighted by atomic mass is 10.0. The third kappa shape index (κ3) is 3.46. The summed E-state index contributed by atoms with van der Waals surface area (Å²) >= 11 is 5.51.